The van der Waals surface area contributed by atoms with Crippen molar-refractivity contribution in [3.05, 3.63) is 29.8 Å². The zero-order valence-electron chi connectivity index (χ0n) is 13.6. The minimum absolute atomic E-state index is 0.0408. The van der Waals surface area contributed by atoms with Crippen LogP contribution in [0.1, 0.15) is 26.3 Å². The van der Waals surface area contributed by atoms with Crippen molar-refractivity contribution in [3.63, 3.8) is 0 Å². The van der Waals surface area contributed by atoms with Crippen molar-refractivity contribution in [2.45, 2.75) is 44.9 Å². The Labute approximate surface area is 128 Å². The molecule has 1 fully saturated rings. The van der Waals surface area contributed by atoms with Gasteiger partial charge in [-0.2, -0.15) is 0 Å². The van der Waals surface area contributed by atoms with Gasteiger partial charge in [0.25, 0.3) is 0 Å². The molecule has 1 unspecified atom stereocenters. The van der Waals surface area contributed by atoms with Gasteiger partial charge in [0.2, 0.25) is 0 Å². The molecule has 118 valence electrons. The molecular weight excluding hydrogens is 264 g/mol. The number of nitrogens with two attached hydrogens (primary N) is 1. The molecule has 2 rings (SSSR count). The maximum absolute atomic E-state index is 6.13. The fraction of sp³-hybridized carbons (Fsp3) is 0.647. The van der Waals surface area contributed by atoms with Crippen molar-refractivity contribution >= 4 is 0 Å². The van der Waals surface area contributed by atoms with Crippen LogP contribution in [0.5, 0.6) is 5.75 Å². The first-order valence-electron chi connectivity index (χ1n) is 7.70. The fourth-order valence-electron chi connectivity index (χ4n) is 3.11. The summed E-state index contributed by atoms with van der Waals surface area (Å²) in [6, 6.07) is 8.27. The monoisotopic (exact) mass is 292 g/mol. The van der Waals surface area contributed by atoms with Gasteiger partial charge in [-0.05, 0) is 44.9 Å². The van der Waals surface area contributed by atoms with E-state index < -0.39 is 0 Å². The lowest BCUT2D eigenvalue weighted by Crippen LogP contribution is -2.60. The van der Waals surface area contributed by atoms with Crippen molar-refractivity contribution in [2.75, 3.05) is 26.7 Å². The third kappa shape index (κ3) is 3.96. The van der Waals surface area contributed by atoms with Crippen LogP contribution in [-0.4, -0.2) is 49.4 Å². The smallest absolute Gasteiger partial charge is 0.118 e. The molecule has 0 aromatic heterocycles. The molecule has 21 heavy (non-hydrogen) atoms. The highest BCUT2D eigenvalue weighted by molar-refractivity contribution is 5.28. The predicted molar refractivity (Wildman–Crippen MR) is 85.7 cm³/mol. The maximum Gasteiger partial charge on any atom is 0.118 e. The normalized spacial score (nSPS) is 26.3. The Kier molecular flexibility index (Phi) is 5.25. The SMILES string of the molecule is COc1ccc(CC(C)(CN)N2C[C@@H](C)O[C@@H](C)C2)cc1. The van der Waals surface area contributed by atoms with Crippen LogP contribution < -0.4 is 10.5 Å². The van der Waals surface area contributed by atoms with E-state index in [-0.39, 0.29) is 17.7 Å². The van der Waals surface area contributed by atoms with Gasteiger partial charge in [0, 0.05) is 25.2 Å². The Morgan fingerprint density at radius 3 is 2.29 bits per heavy atom. The van der Waals surface area contributed by atoms with Crippen molar-refractivity contribution < 1.29 is 9.47 Å². The van der Waals surface area contributed by atoms with Crippen LogP contribution in [0.3, 0.4) is 0 Å². The standard InChI is InChI=1S/C17H28N2O2/c1-13-10-19(11-14(2)21-13)17(3,12-18)9-15-5-7-16(20-4)8-6-15/h5-8,13-14H,9-12,18H2,1-4H3/t13-,14+,17?. The molecule has 0 amide bonds. The van der Waals surface area contributed by atoms with Crippen LogP contribution in [0.2, 0.25) is 0 Å². The van der Waals surface area contributed by atoms with Crippen molar-refractivity contribution in [1.82, 2.24) is 4.90 Å². The number of ether oxygens (including phenoxy) is 2. The van der Waals surface area contributed by atoms with Gasteiger partial charge in [-0.15, -0.1) is 0 Å². The molecule has 0 radical (unpaired) electrons. The molecular formula is C17H28N2O2. The van der Waals surface area contributed by atoms with E-state index in [0.29, 0.717) is 6.54 Å². The van der Waals surface area contributed by atoms with Crippen LogP contribution >= 0.6 is 0 Å². The molecule has 4 heteroatoms. The summed E-state index contributed by atoms with van der Waals surface area (Å²) in [7, 11) is 1.69. The minimum atomic E-state index is -0.0408. The number of nitrogens with zero attached hydrogens (tertiary/aromatic N) is 1. The van der Waals surface area contributed by atoms with Crippen molar-refractivity contribution in [2.24, 2.45) is 5.73 Å². The minimum Gasteiger partial charge on any atom is -0.497 e. The van der Waals surface area contributed by atoms with Gasteiger partial charge in [-0.3, -0.25) is 4.90 Å². The van der Waals surface area contributed by atoms with Gasteiger partial charge in [-0.1, -0.05) is 12.1 Å². The van der Waals surface area contributed by atoms with Crippen LogP contribution in [0, 0.1) is 0 Å². The molecule has 1 saturated heterocycles. The lowest BCUT2D eigenvalue weighted by atomic mass is 9.89. The molecule has 2 N–H and O–H groups in total. The Bertz CT molecular complexity index is 439. The number of rotatable bonds is 5. The molecule has 3 atom stereocenters. The molecule has 0 bridgehead atoms. The Balaban J connectivity index is 2.12. The summed E-state index contributed by atoms with van der Waals surface area (Å²) in [5, 5.41) is 0. The highest BCUT2D eigenvalue weighted by Gasteiger charge is 2.35. The van der Waals surface area contributed by atoms with Gasteiger partial charge in [0.1, 0.15) is 5.75 Å². The average molecular weight is 292 g/mol. The molecule has 1 aliphatic rings. The van der Waals surface area contributed by atoms with E-state index >= 15 is 0 Å². The van der Waals surface area contributed by atoms with Crippen LogP contribution in [0.4, 0.5) is 0 Å². The van der Waals surface area contributed by atoms with Gasteiger partial charge in [0.15, 0.2) is 0 Å². The Morgan fingerprint density at radius 2 is 1.81 bits per heavy atom. The lowest BCUT2D eigenvalue weighted by Gasteiger charge is -2.46. The average Bonchev–Trinajstić information content (AvgIpc) is 2.47. The summed E-state index contributed by atoms with van der Waals surface area (Å²) in [6.07, 6.45) is 1.46. The first kappa shape index (κ1) is 16.3. The summed E-state index contributed by atoms with van der Waals surface area (Å²) in [5.41, 5.74) is 7.37. The largest absolute Gasteiger partial charge is 0.497 e. The van der Waals surface area contributed by atoms with Gasteiger partial charge in [0.05, 0.1) is 19.3 Å². The van der Waals surface area contributed by atoms with Crippen LogP contribution in [0.15, 0.2) is 24.3 Å². The molecule has 0 aliphatic carbocycles. The molecule has 0 spiro atoms. The van der Waals surface area contributed by atoms with Crippen LogP contribution in [-0.2, 0) is 11.2 Å². The molecule has 1 heterocycles. The van der Waals surface area contributed by atoms with Crippen molar-refractivity contribution in [3.8, 4) is 5.75 Å². The van der Waals surface area contributed by atoms with E-state index in [9.17, 15) is 0 Å². The highest BCUT2D eigenvalue weighted by Crippen LogP contribution is 2.25. The number of benzene rings is 1. The first-order valence-corrected chi connectivity index (χ1v) is 7.70. The van der Waals surface area contributed by atoms with E-state index in [4.69, 9.17) is 15.2 Å². The summed E-state index contributed by atoms with van der Waals surface area (Å²) >= 11 is 0. The summed E-state index contributed by atoms with van der Waals surface area (Å²) in [4.78, 5) is 2.48. The molecule has 0 saturated carbocycles. The maximum atomic E-state index is 6.13. The molecule has 1 aromatic rings. The number of hydrogen-bond donors (Lipinski definition) is 1. The molecule has 1 aliphatic heterocycles. The van der Waals surface area contributed by atoms with Crippen molar-refractivity contribution in [1.29, 1.82) is 0 Å². The second-order valence-corrected chi connectivity index (χ2v) is 6.39. The third-order valence-electron chi connectivity index (χ3n) is 4.37. The Morgan fingerprint density at radius 1 is 1.24 bits per heavy atom. The van der Waals surface area contributed by atoms with Gasteiger partial charge in [-0.25, -0.2) is 0 Å². The third-order valence-corrected chi connectivity index (χ3v) is 4.37. The van der Waals surface area contributed by atoms with E-state index in [2.05, 4.69) is 37.8 Å². The second-order valence-electron chi connectivity index (χ2n) is 6.39. The van der Waals surface area contributed by atoms with Crippen LogP contribution in [0.25, 0.3) is 0 Å². The van der Waals surface area contributed by atoms with E-state index in [1.807, 2.05) is 12.1 Å². The summed E-state index contributed by atoms with van der Waals surface area (Å²) < 4.78 is 11.1. The molecule has 4 nitrogen and oxygen atoms in total. The predicted octanol–water partition coefficient (Wildman–Crippen LogP) is 2.06. The number of methoxy groups -OCH3 is 1. The van der Waals surface area contributed by atoms with Gasteiger partial charge < -0.3 is 15.2 Å². The quantitative estimate of drug-likeness (QED) is 0.902. The summed E-state index contributed by atoms with van der Waals surface area (Å²) in [5.74, 6) is 0.891. The zero-order chi connectivity index (χ0) is 15.5. The number of morpholine rings is 1. The second kappa shape index (κ2) is 6.77. The lowest BCUT2D eigenvalue weighted by molar-refractivity contribution is -0.0972. The van der Waals surface area contributed by atoms with E-state index in [0.717, 1.165) is 25.3 Å². The fourth-order valence-corrected chi connectivity index (χ4v) is 3.11. The number of hydrogen-bond acceptors (Lipinski definition) is 4. The summed E-state index contributed by atoms with van der Waals surface area (Å²) in [6.45, 7) is 9.03. The first-order chi connectivity index (χ1) is 9.96. The van der Waals surface area contributed by atoms with E-state index in [1.165, 1.54) is 5.56 Å². The Hall–Kier alpha value is -1.10. The topological polar surface area (TPSA) is 47.7 Å². The van der Waals surface area contributed by atoms with Gasteiger partial charge >= 0.3 is 0 Å². The molecule has 1 aromatic carbocycles. The highest BCUT2D eigenvalue weighted by atomic mass is 16.5. The van der Waals surface area contributed by atoms with E-state index in [1.54, 1.807) is 7.11 Å². The zero-order valence-corrected chi connectivity index (χ0v) is 13.6.